The highest BCUT2D eigenvalue weighted by atomic mass is 79.9. The molecule has 2 N–H and O–H groups in total. The van der Waals surface area contributed by atoms with Gasteiger partial charge in [-0.2, -0.15) is 0 Å². The van der Waals surface area contributed by atoms with E-state index in [0.717, 1.165) is 6.42 Å². The van der Waals surface area contributed by atoms with Crippen LogP contribution in [0.25, 0.3) is 0 Å². The second kappa shape index (κ2) is 6.21. The van der Waals surface area contributed by atoms with E-state index in [2.05, 4.69) is 21.2 Å². The number of pyridine rings is 1. The average Bonchev–Trinajstić information content (AvgIpc) is 2.82. The Morgan fingerprint density at radius 3 is 2.85 bits per heavy atom. The third kappa shape index (κ3) is 3.47. The first-order chi connectivity index (χ1) is 9.47. The van der Waals surface area contributed by atoms with Crippen molar-refractivity contribution in [2.75, 3.05) is 0 Å². The maximum absolute atomic E-state index is 11.9. The molecule has 2 atom stereocenters. The van der Waals surface area contributed by atoms with E-state index in [1.54, 1.807) is 6.07 Å². The fourth-order valence-electron chi connectivity index (χ4n) is 2.46. The van der Waals surface area contributed by atoms with Crippen LogP contribution in [0.2, 0.25) is 0 Å². The lowest BCUT2D eigenvalue weighted by Gasteiger charge is -2.17. The molecule has 108 valence electrons. The fourth-order valence-corrected chi connectivity index (χ4v) is 2.84. The van der Waals surface area contributed by atoms with Gasteiger partial charge in [0.05, 0.1) is 5.92 Å². The molecule has 0 saturated heterocycles. The third-order valence-electron chi connectivity index (χ3n) is 3.44. The largest absolute Gasteiger partial charge is 0.481 e. The number of carbonyl (C=O) groups excluding carboxylic acids is 1. The maximum Gasteiger partial charge on any atom is 0.308 e. The van der Waals surface area contributed by atoms with Gasteiger partial charge in [0.15, 0.2) is 0 Å². The monoisotopic (exact) mass is 342 g/mol. The average molecular weight is 343 g/mol. The highest BCUT2D eigenvalue weighted by Crippen LogP contribution is 2.25. The van der Waals surface area contributed by atoms with E-state index in [1.165, 1.54) is 16.8 Å². The molecular weight excluding hydrogens is 328 g/mol. The van der Waals surface area contributed by atoms with Gasteiger partial charge in [0, 0.05) is 22.8 Å². The zero-order valence-electron chi connectivity index (χ0n) is 10.7. The highest BCUT2D eigenvalue weighted by molar-refractivity contribution is 9.10. The molecule has 0 aliphatic heterocycles. The summed E-state index contributed by atoms with van der Waals surface area (Å²) in [5.74, 6) is -1.76. The summed E-state index contributed by atoms with van der Waals surface area (Å²) in [6, 6.07) is 2.63. The molecule has 1 amide bonds. The number of hydrogen-bond donors (Lipinski definition) is 2. The van der Waals surface area contributed by atoms with Crippen molar-refractivity contribution in [3.8, 4) is 0 Å². The number of nitrogens with one attached hydrogen (secondary N) is 1. The van der Waals surface area contributed by atoms with Crippen molar-refractivity contribution in [3.63, 3.8) is 0 Å². The predicted octanol–water partition coefficient (Wildman–Crippen LogP) is 0.980. The Labute approximate surface area is 123 Å². The number of hydrogen-bond acceptors (Lipinski definition) is 3. The summed E-state index contributed by atoms with van der Waals surface area (Å²) in [6.45, 7) is -0.110. The summed E-state index contributed by atoms with van der Waals surface area (Å²) in [4.78, 5) is 34.5. The predicted molar refractivity (Wildman–Crippen MR) is 75.3 cm³/mol. The van der Waals surface area contributed by atoms with Gasteiger partial charge >= 0.3 is 5.97 Å². The number of amides is 1. The van der Waals surface area contributed by atoms with Crippen LogP contribution >= 0.6 is 15.9 Å². The van der Waals surface area contributed by atoms with Crippen LogP contribution in [0.1, 0.15) is 19.3 Å². The van der Waals surface area contributed by atoms with Crippen LogP contribution in [0.3, 0.4) is 0 Å². The summed E-state index contributed by atoms with van der Waals surface area (Å²) in [5.41, 5.74) is -0.274. The first kappa shape index (κ1) is 14.8. The van der Waals surface area contributed by atoms with Crippen molar-refractivity contribution in [2.45, 2.75) is 31.8 Å². The molecule has 1 aliphatic rings. The van der Waals surface area contributed by atoms with E-state index < -0.39 is 11.9 Å². The number of halogens is 1. The summed E-state index contributed by atoms with van der Waals surface area (Å²) in [5, 5.41) is 11.8. The van der Waals surface area contributed by atoms with Crippen LogP contribution in [0.4, 0.5) is 0 Å². The lowest BCUT2D eigenvalue weighted by molar-refractivity contribution is -0.142. The number of nitrogens with zero attached hydrogens (tertiary/aromatic N) is 1. The van der Waals surface area contributed by atoms with Crippen LogP contribution in [0, 0.1) is 5.92 Å². The highest BCUT2D eigenvalue weighted by Gasteiger charge is 2.33. The third-order valence-corrected chi connectivity index (χ3v) is 3.91. The van der Waals surface area contributed by atoms with Crippen molar-refractivity contribution in [1.82, 2.24) is 9.88 Å². The molecule has 1 aromatic heterocycles. The molecule has 0 bridgehead atoms. The minimum atomic E-state index is -0.882. The molecule has 1 saturated carbocycles. The Morgan fingerprint density at radius 2 is 2.15 bits per heavy atom. The summed E-state index contributed by atoms with van der Waals surface area (Å²) < 4.78 is 1.98. The molecular formula is C13H15BrN2O4. The number of aliphatic carboxylic acids is 1. The van der Waals surface area contributed by atoms with Crippen molar-refractivity contribution >= 4 is 27.8 Å². The Balaban J connectivity index is 2.00. The second-order valence-corrected chi connectivity index (χ2v) is 5.78. The van der Waals surface area contributed by atoms with E-state index in [0.29, 0.717) is 17.3 Å². The molecule has 20 heavy (non-hydrogen) atoms. The van der Waals surface area contributed by atoms with Gasteiger partial charge in [-0.25, -0.2) is 0 Å². The molecule has 0 spiro atoms. The van der Waals surface area contributed by atoms with Crippen LogP contribution in [0.15, 0.2) is 27.6 Å². The number of aromatic nitrogens is 1. The van der Waals surface area contributed by atoms with Gasteiger partial charge in [0.1, 0.15) is 6.54 Å². The molecule has 1 fully saturated rings. The van der Waals surface area contributed by atoms with Gasteiger partial charge in [0.25, 0.3) is 5.56 Å². The zero-order chi connectivity index (χ0) is 14.7. The molecule has 0 radical (unpaired) electrons. The van der Waals surface area contributed by atoms with E-state index in [4.69, 9.17) is 5.11 Å². The lowest BCUT2D eigenvalue weighted by atomic mass is 10.0. The SMILES string of the molecule is O=C(Cn1cc(Br)ccc1=O)N[C@H]1CCC[C@H]1C(=O)O. The molecule has 0 aromatic carbocycles. The van der Waals surface area contributed by atoms with Crippen LogP contribution in [0.5, 0.6) is 0 Å². The number of carboxylic acid groups (broad SMARTS) is 1. The lowest BCUT2D eigenvalue weighted by Crippen LogP contribution is -2.42. The van der Waals surface area contributed by atoms with E-state index in [9.17, 15) is 14.4 Å². The Bertz CT molecular complexity index is 584. The minimum Gasteiger partial charge on any atom is -0.481 e. The molecule has 7 heteroatoms. The van der Waals surface area contributed by atoms with Crippen molar-refractivity contribution in [2.24, 2.45) is 5.92 Å². The first-order valence-corrected chi connectivity index (χ1v) is 7.15. The van der Waals surface area contributed by atoms with Gasteiger partial charge in [-0.3, -0.25) is 14.4 Å². The van der Waals surface area contributed by atoms with Crippen LogP contribution < -0.4 is 10.9 Å². The number of carboxylic acids is 1. The van der Waals surface area contributed by atoms with E-state index in [-0.39, 0.29) is 24.1 Å². The molecule has 6 nitrogen and oxygen atoms in total. The summed E-state index contributed by atoms with van der Waals surface area (Å²) in [6.07, 6.45) is 3.57. The number of carbonyl (C=O) groups is 2. The fraction of sp³-hybridized carbons (Fsp3) is 0.462. The Hall–Kier alpha value is -1.63. The van der Waals surface area contributed by atoms with Crippen LogP contribution in [-0.2, 0) is 16.1 Å². The Morgan fingerprint density at radius 1 is 1.40 bits per heavy atom. The van der Waals surface area contributed by atoms with Gasteiger partial charge in [-0.1, -0.05) is 6.42 Å². The van der Waals surface area contributed by atoms with Crippen LogP contribution in [-0.4, -0.2) is 27.6 Å². The Kier molecular flexibility index (Phi) is 4.59. The molecule has 1 aromatic rings. The molecule has 0 unspecified atom stereocenters. The number of rotatable bonds is 4. The summed E-state index contributed by atoms with van der Waals surface area (Å²) in [7, 11) is 0. The van der Waals surface area contributed by atoms with Gasteiger partial charge in [0.2, 0.25) is 5.91 Å². The second-order valence-electron chi connectivity index (χ2n) is 4.86. The minimum absolute atomic E-state index is 0.110. The standard InChI is InChI=1S/C13H15BrN2O4/c14-8-4-5-12(18)16(6-8)7-11(17)15-10-3-1-2-9(10)13(19)20/h4-6,9-10H,1-3,7H2,(H,15,17)(H,19,20)/t9-,10+/m1/s1. The van der Waals surface area contributed by atoms with Gasteiger partial charge in [-0.15, -0.1) is 0 Å². The van der Waals surface area contributed by atoms with E-state index in [1.807, 2.05) is 0 Å². The molecule has 2 rings (SSSR count). The molecule has 1 aliphatic carbocycles. The topological polar surface area (TPSA) is 88.4 Å². The van der Waals surface area contributed by atoms with Crippen molar-refractivity contribution in [1.29, 1.82) is 0 Å². The van der Waals surface area contributed by atoms with E-state index >= 15 is 0 Å². The summed E-state index contributed by atoms with van der Waals surface area (Å²) >= 11 is 3.23. The smallest absolute Gasteiger partial charge is 0.308 e. The zero-order valence-corrected chi connectivity index (χ0v) is 12.3. The van der Waals surface area contributed by atoms with Crippen molar-refractivity contribution < 1.29 is 14.7 Å². The van der Waals surface area contributed by atoms with Crippen molar-refractivity contribution in [3.05, 3.63) is 33.2 Å². The van der Waals surface area contributed by atoms with Gasteiger partial charge in [-0.05, 0) is 34.8 Å². The maximum atomic E-state index is 11.9. The first-order valence-electron chi connectivity index (χ1n) is 6.35. The normalized spacial score (nSPS) is 21.6. The van der Waals surface area contributed by atoms with Gasteiger partial charge < -0.3 is 15.0 Å². The molecule has 1 heterocycles. The quantitative estimate of drug-likeness (QED) is 0.853.